The highest BCUT2D eigenvalue weighted by Gasteiger charge is 2.23. The second-order valence-electron chi connectivity index (χ2n) is 3.81. The Bertz CT molecular complexity index is 189. The number of amides is 1. The van der Waals surface area contributed by atoms with E-state index in [0.717, 1.165) is 19.6 Å². The van der Waals surface area contributed by atoms with E-state index in [1.807, 2.05) is 0 Å². The van der Waals surface area contributed by atoms with Gasteiger partial charge in [-0.15, -0.1) is 0 Å². The van der Waals surface area contributed by atoms with Gasteiger partial charge in [-0.05, 0) is 19.4 Å². The van der Waals surface area contributed by atoms with E-state index in [9.17, 15) is 4.79 Å². The predicted octanol–water partition coefficient (Wildman–Crippen LogP) is -0.135. The average molecular weight is 183 g/mol. The number of hydrogen-bond acceptors (Lipinski definition) is 3. The Balaban J connectivity index is 1.79. The van der Waals surface area contributed by atoms with Crippen LogP contribution in [0.3, 0.4) is 0 Å². The minimum atomic E-state index is 0.243. The number of rotatable bonds is 2. The van der Waals surface area contributed by atoms with Gasteiger partial charge in [0.15, 0.2) is 0 Å². The summed E-state index contributed by atoms with van der Waals surface area (Å²) in [5, 5.41) is 5.20. The Kier molecular flexibility index (Phi) is 2.80. The number of nitrogens with zero attached hydrogens (tertiary/aromatic N) is 1. The Morgan fingerprint density at radius 1 is 1.38 bits per heavy atom. The summed E-state index contributed by atoms with van der Waals surface area (Å²) in [4.78, 5) is 11.3. The first kappa shape index (κ1) is 8.97. The highest BCUT2D eigenvalue weighted by molar-refractivity contribution is 5.77. The van der Waals surface area contributed by atoms with Crippen molar-refractivity contribution in [3.8, 4) is 0 Å². The molecule has 0 aromatic heterocycles. The summed E-state index contributed by atoms with van der Waals surface area (Å²) in [6.45, 7) is 2.75. The van der Waals surface area contributed by atoms with Crippen LogP contribution in [-0.4, -0.2) is 36.6 Å². The third kappa shape index (κ3) is 2.19. The molecule has 1 atom stereocenters. The number of carbonyl (C=O) groups excluding carboxylic acids is 1. The molecule has 2 fully saturated rings. The Morgan fingerprint density at radius 3 is 2.92 bits per heavy atom. The minimum Gasteiger partial charge on any atom is -0.312 e. The minimum absolute atomic E-state index is 0.243. The molecule has 0 aromatic carbocycles. The SMILES string of the molecule is O=C1CCNN1CC1CCCCN1. The van der Waals surface area contributed by atoms with Crippen LogP contribution in [0.1, 0.15) is 25.7 Å². The van der Waals surface area contributed by atoms with Crippen molar-refractivity contribution >= 4 is 5.91 Å². The monoisotopic (exact) mass is 183 g/mol. The zero-order valence-corrected chi connectivity index (χ0v) is 7.88. The van der Waals surface area contributed by atoms with Crippen molar-refractivity contribution in [3.63, 3.8) is 0 Å². The molecule has 2 aliphatic rings. The van der Waals surface area contributed by atoms with Gasteiger partial charge in [0, 0.05) is 19.0 Å². The fraction of sp³-hybridized carbons (Fsp3) is 0.889. The van der Waals surface area contributed by atoms with Gasteiger partial charge in [-0.3, -0.25) is 9.80 Å². The van der Waals surface area contributed by atoms with Gasteiger partial charge in [-0.1, -0.05) is 6.42 Å². The maximum Gasteiger partial charge on any atom is 0.238 e. The topological polar surface area (TPSA) is 44.4 Å². The Labute approximate surface area is 78.6 Å². The van der Waals surface area contributed by atoms with E-state index >= 15 is 0 Å². The molecule has 1 amide bonds. The number of piperidine rings is 1. The fourth-order valence-corrected chi connectivity index (χ4v) is 1.99. The van der Waals surface area contributed by atoms with Crippen LogP contribution in [0.25, 0.3) is 0 Å². The van der Waals surface area contributed by atoms with Gasteiger partial charge in [-0.2, -0.15) is 0 Å². The van der Waals surface area contributed by atoms with Crippen LogP contribution in [0, 0.1) is 0 Å². The molecule has 1 unspecified atom stereocenters. The van der Waals surface area contributed by atoms with E-state index in [1.165, 1.54) is 19.3 Å². The molecule has 4 heteroatoms. The number of hydrazine groups is 1. The molecular weight excluding hydrogens is 166 g/mol. The highest BCUT2D eigenvalue weighted by Crippen LogP contribution is 2.09. The molecule has 2 saturated heterocycles. The molecule has 0 saturated carbocycles. The van der Waals surface area contributed by atoms with Crippen LogP contribution < -0.4 is 10.7 Å². The molecule has 2 N–H and O–H groups in total. The standard InChI is InChI=1S/C9H17N3O/c13-9-4-6-11-12(9)7-8-3-1-2-5-10-8/h8,10-11H,1-7H2. The van der Waals surface area contributed by atoms with E-state index in [0.29, 0.717) is 12.5 Å². The van der Waals surface area contributed by atoms with Gasteiger partial charge in [0.2, 0.25) is 5.91 Å². The second-order valence-corrected chi connectivity index (χ2v) is 3.81. The molecule has 2 heterocycles. The van der Waals surface area contributed by atoms with Crippen molar-refractivity contribution in [3.05, 3.63) is 0 Å². The molecule has 74 valence electrons. The molecule has 2 aliphatic heterocycles. The van der Waals surface area contributed by atoms with Crippen LogP contribution in [0.2, 0.25) is 0 Å². The molecular formula is C9H17N3O. The van der Waals surface area contributed by atoms with Gasteiger partial charge in [0.05, 0.1) is 6.54 Å². The van der Waals surface area contributed by atoms with Crippen molar-refractivity contribution in [2.45, 2.75) is 31.7 Å². The largest absolute Gasteiger partial charge is 0.312 e. The first-order valence-corrected chi connectivity index (χ1v) is 5.13. The van der Waals surface area contributed by atoms with Crippen LogP contribution in [-0.2, 0) is 4.79 Å². The second kappa shape index (κ2) is 4.07. The molecule has 0 aliphatic carbocycles. The first-order chi connectivity index (χ1) is 6.36. The van der Waals surface area contributed by atoms with Gasteiger partial charge in [0.1, 0.15) is 0 Å². The normalized spacial score (nSPS) is 29.7. The molecule has 0 bridgehead atoms. The summed E-state index contributed by atoms with van der Waals surface area (Å²) < 4.78 is 0. The van der Waals surface area contributed by atoms with E-state index < -0.39 is 0 Å². The fourth-order valence-electron chi connectivity index (χ4n) is 1.99. The summed E-state index contributed by atoms with van der Waals surface area (Å²) in [5.74, 6) is 0.243. The van der Waals surface area contributed by atoms with Gasteiger partial charge in [0.25, 0.3) is 0 Å². The van der Waals surface area contributed by atoms with Gasteiger partial charge in [-0.25, -0.2) is 5.43 Å². The quantitative estimate of drug-likeness (QED) is 0.626. The molecule has 0 aromatic rings. The Hall–Kier alpha value is -0.610. The maximum atomic E-state index is 11.3. The molecule has 0 spiro atoms. The number of hydrogen-bond donors (Lipinski definition) is 2. The number of nitrogens with one attached hydrogen (secondary N) is 2. The van der Waals surface area contributed by atoms with E-state index in [2.05, 4.69) is 10.7 Å². The smallest absolute Gasteiger partial charge is 0.238 e. The lowest BCUT2D eigenvalue weighted by atomic mass is 10.1. The van der Waals surface area contributed by atoms with Crippen molar-refractivity contribution in [1.29, 1.82) is 0 Å². The summed E-state index contributed by atoms with van der Waals surface area (Å²) in [6.07, 6.45) is 4.43. The lowest BCUT2D eigenvalue weighted by molar-refractivity contribution is -0.129. The predicted molar refractivity (Wildman–Crippen MR) is 50.0 cm³/mol. The van der Waals surface area contributed by atoms with Crippen molar-refractivity contribution < 1.29 is 4.79 Å². The molecule has 0 radical (unpaired) electrons. The van der Waals surface area contributed by atoms with Crippen LogP contribution in [0.5, 0.6) is 0 Å². The summed E-state index contributed by atoms with van der Waals surface area (Å²) in [5.41, 5.74) is 3.10. The third-order valence-corrected chi connectivity index (χ3v) is 2.76. The maximum absolute atomic E-state index is 11.3. The van der Waals surface area contributed by atoms with Crippen LogP contribution in [0.4, 0.5) is 0 Å². The molecule has 13 heavy (non-hydrogen) atoms. The summed E-state index contributed by atoms with van der Waals surface area (Å²) in [7, 11) is 0. The van der Waals surface area contributed by atoms with Gasteiger partial charge >= 0.3 is 0 Å². The van der Waals surface area contributed by atoms with Crippen molar-refractivity contribution in [1.82, 2.24) is 15.8 Å². The third-order valence-electron chi connectivity index (χ3n) is 2.76. The highest BCUT2D eigenvalue weighted by atomic mass is 16.2. The van der Waals surface area contributed by atoms with E-state index in [4.69, 9.17) is 0 Å². The summed E-state index contributed by atoms with van der Waals surface area (Å²) >= 11 is 0. The first-order valence-electron chi connectivity index (χ1n) is 5.13. The van der Waals surface area contributed by atoms with E-state index in [1.54, 1.807) is 5.01 Å². The lowest BCUT2D eigenvalue weighted by Crippen LogP contribution is -2.47. The van der Waals surface area contributed by atoms with Crippen molar-refractivity contribution in [2.75, 3.05) is 19.6 Å². The molecule has 4 nitrogen and oxygen atoms in total. The Morgan fingerprint density at radius 2 is 2.31 bits per heavy atom. The summed E-state index contributed by atoms with van der Waals surface area (Å²) in [6, 6.07) is 0.503. The average Bonchev–Trinajstić information content (AvgIpc) is 2.54. The lowest BCUT2D eigenvalue weighted by Gasteiger charge is -2.27. The molecule has 2 rings (SSSR count). The van der Waals surface area contributed by atoms with Crippen LogP contribution >= 0.6 is 0 Å². The zero-order chi connectivity index (χ0) is 9.10. The van der Waals surface area contributed by atoms with Gasteiger partial charge < -0.3 is 5.32 Å². The van der Waals surface area contributed by atoms with Crippen LogP contribution in [0.15, 0.2) is 0 Å². The van der Waals surface area contributed by atoms with Crippen molar-refractivity contribution in [2.24, 2.45) is 0 Å². The number of carbonyl (C=O) groups is 1. The zero-order valence-electron chi connectivity index (χ0n) is 7.88. The van der Waals surface area contributed by atoms with E-state index in [-0.39, 0.29) is 5.91 Å².